The highest BCUT2D eigenvalue weighted by Crippen LogP contribution is 2.68. The van der Waals surface area contributed by atoms with Crippen molar-refractivity contribution in [1.29, 1.82) is 0 Å². The molecule has 2 N–H and O–H groups in total. The summed E-state index contributed by atoms with van der Waals surface area (Å²) in [5.41, 5.74) is 1.47. The second kappa shape index (κ2) is 8.16. The Labute approximate surface area is 201 Å². The Morgan fingerprint density at radius 2 is 1.76 bits per heavy atom. The SMILES string of the molecule is C[C@@]1(C2CC[C@H]3[C@@H]4CCC5=CC(=O)CC[C@]5(C)[C@H]4CC[C@]23C)OC(CCC(=O)O)C(C(=O)O)O1. The molecular weight excluding hydrogens is 436 g/mol. The summed E-state index contributed by atoms with van der Waals surface area (Å²) in [6.45, 7) is 6.61. The number of fused-ring (bicyclic) bond motifs is 5. The third kappa shape index (κ3) is 3.57. The quantitative estimate of drug-likeness (QED) is 0.600. The van der Waals surface area contributed by atoms with Crippen LogP contribution in [0.25, 0.3) is 0 Å². The van der Waals surface area contributed by atoms with Crippen molar-refractivity contribution in [2.24, 2.45) is 34.5 Å². The van der Waals surface area contributed by atoms with E-state index in [-0.39, 0.29) is 35.4 Å². The molecule has 3 unspecified atom stereocenters. The van der Waals surface area contributed by atoms with Crippen molar-refractivity contribution in [3.63, 3.8) is 0 Å². The molecule has 0 radical (unpaired) electrons. The van der Waals surface area contributed by atoms with E-state index in [9.17, 15) is 19.5 Å². The van der Waals surface area contributed by atoms with Crippen molar-refractivity contribution < 1.29 is 34.1 Å². The van der Waals surface area contributed by atoms with E-state index in [0.717, 1.165) is 44.9 Å². The second-order valence-electron chi connectivity index (χ2n) is 12.1. The van der Waals surface area contributed by atoms with Gasteiger partial charge in [-0.25, -0.2) is 4.79 Å². The van der Waals surface area contributed by atoms with Gasteiger partial charge in [-0.3, -0.25) is 9.59 Å². The maximum Gasteiger partial charge on any atom is 0.335 e. The normalized spacial score (nSPS) is 48.0. The van der Waals surface area contributed by atoms with Crippen LogP contribution < -0.4 is 0 Å². The van der Waals surface area contributed by atoms with E-state index in [0.29, 0.717) is 24.2 Å². The minimum absolute atomic E-state index is 0.0112. The van der Waals surface area contributed by atoms with Gasteiger partial charge in [0.1, 0.15) is 0 Å². The van der Waals surface area contributed by atoms with Gasteiger partial charge in [-0.15, -0.1) is 0 Å². The van der Waals surface area contributed by atoms with Crippen molar-refractivity contribution >= 4 is 17.7 Å². The van der Waals surface area contributed by atoms with Crippen LogP contribution in [0.15, 0.2) is 11.6 Å². The molecule has 0 spiro atoms. The lowest BCUT2D eigenvalue weighted by Crippen LogP contribution is -2.53. The second-order valence-corrected chi connectivity index (χ2v) is 12.1. The number of carboxylic acids is 2. The van der Waals surface area contributed by atoms with Gasteiger partial charge in [0, 0.05) is 18.8 Å². The summed E-state index contributed by atoms with van der Waals surface area (Å²) < 4.78 is 12.5. The summed E-state index contributed by atoms with van der Waals surface area (Å²) >= 11 is 0. The number of carboxylic acid groups (broad SMARTS) is 2. The van der Waals surface area contributed by atoms with E-state index < -0.39 is 29.9 Å². The summed E-state index contributed by atoms with van der Waals surface area (Å²) in [6.07, 6.45) is 7.93. The highest BCUT2D eigenvalue weighted by Gasteiger charge is 2.65. The molecule has 5 aliphatic rings. The number of rotatable bonds is 5. The summed E-state index contributed by atoms with van der Waals surface area (Å²) in [5, 5.41) is 18.8. The lowest BCUT2D eigenvalue weighted by Gasteiger charge is -2.59. The Morgan fingerprint density at radius 3 is 2.47 bits per heavy atom. The van der Waals surface area contributed by atoms with Gasteiger partial charge in [0.2, 0.25) is 0 Å². The minimum Gasteiger partial charge on any atom is -0.481 e. The number of allylic oxidation sites excluding steroid dienone is 1. The Kier molecular flexibility index (Phi) is 5.75. The van der Waals surface area contributed by atoms with Crippen molar-refractivity contribution in [2.75, 3.05) is 0 Å². The van der Waals surface area contributed by atoms with Crippen LogP contribution >= 0.6 is 0 Å². The molecule has 4 aliphatic carbocycles. The first-order chi connectivity index (χ1) is 16.0. The summed E-state index contributed by atoms with van der Waals surface area (Å²) in [7, 11) is 0. The van der Waals surface area contributed by atoms with Crippen LogP contribution in [0.4, 0.5) is 0 Å². The van der Waals surface area contributed by atoms with Gasteiger partial charge in [-0.2, -0.15) is 0 Å². The first kappa shape index (κ1) is 24.0. The van der Waals surface area contributed by atoms with Crippen molar-refractivity contribution in [2.45, 2.75) is 103 Å². The van der Waals surface area contributed by atoms with Crippen LogP contribution in [0.1, 0.15) is 85.0 Å². The summed E-state index contributed by atoms with van der Waals surface area (Å²) in [6, 6.07) is 0. The summed E-state index contributed by atoms with van der Waals surface area (Å²) in [4.78, 5) is 35.1. The van der Waals surface area contributed by atoms with Gasteiger partial charge >= 0.3 is 11.9 Å². The number of aliphatic carboxylic acids is 2. The van der Waals surface area contributed by atoms with Gasteiger partial charge in [0.25, 0.3) is 0 Å². The van der Waals surface area contributed by atoms with E-state index in [1.807, 2.05) is 13.0 Å². The van der Waals surface area contributed by atoms with Crippen LogP contribution in [0, 0.1) is 34.5 Å². The maximum absolute atomic E-state index is 12.1. The van der Waals surface area contributed by atoms with Gasteiger partial charge in [-0.05, 0) is 93.0 Å². The number of carbonyl (C=O) groups is 3. The Balaban J connectivity index is 1.38. The Morgan fingerprint density at radius 1 is 1.00 bits per heavy atom. The minimum atomic E-state index is -1.13. The monoisotopic (exact) mass is 474 g/mol. The van der Waals surface area contributed by atoms with Crippen LogP contribution in [0.5, 0.6) is 0 Å². The number of hydrogen-bond acceptors (Lipinski definition) is 5. The first-order valence-electron chi connectivity index (χ1n) is 13.0. The molecule has 0 aromatic heterocycles. The molecule has 0 bridgehead atoms. The number of ketones is 1. The zero-order chi connectivity index (χ0) is 24.5. The number of carbonyl (C=O) groups excluding carboxylic acids is 1. The highest BCUT2D eigenvalue weighted by atomic mass is 16.8. The lowest BCUT2D eigenvalue weighted by atomic mass is 9.46. The fourth-order valence-electron chi connectivity index (χ4n) is 8.99. The van der Waals surface area contributed by atoms with Crippen molar-refractivity contribution in [3.05, 3.63) is 11.6 Å². The molecular formula is C27H38O7. The molecule has 0 amide bonds. The molecule has 5 rings (SSSR count). The largest absolute Gasteiger partial charge is 0.481 e. The van der Waals surface area contributed by atoms with Gasteiger partial charge in [-0.1, -0.05) is 19.4 Å². The van der Waals surface area contributed by atoms with Gasteiger partial charge in [0.15, 0.2) is 17.7 Å². The van der Waals surface area contributed by atoms with Crippen molar-refractivity contribution in [3.8, 4) is 0 Å². The molecule has 188 valence electrons. The van der Waals surface area contributed by atoms with E-state index in [1.54, 1.807) is 0 Å². The first-order valence-corrected chi connectivity index (χ1v) is 13.0. The van der Waals surface area contributed by atoms with E-state index in [2.05, 4.69) is 13.8 Å². The van der Waals surface area contributed by atoms with Crippen molar-refractivity contribution in [1.82, 2.24) is 0 Å². The molecule has 0 aromatic rings. The van der Waals surface area contributed by atoms with E-state index in [4.69, 9.17) is 14.6 Å². The smallest absolute Gasteiger partial charge is 0.335 e. The fraction of sp³-hybridized carbons (Fsp3) is 0.815. The molecule has 3 saturated carbocycles. The van der Waals surface area contributed by atoms with Crippen LogP contribution in [0.2, 0.25) is 0 Å². The molecule has 34 heavy (non-hydrogen) atoms. The fourth-order valence-corrected chi connectivity index (χ4v) is 8.99. The Hall–Kier alpha value is -1.73. The highest BCUT2D eigenvalue weighted by molar-refractivity contribution is 5.91. The molecule has 7 nitrogen and oxygen atoms in total. The maximum atomic E-state index is 12.1. The molecule has 9 atom stereocenters. The zero-order valence-electron chi connectivity index (χ0n) is 20.5. The predicted octanol–water partition coefficient (Wildman–Crippen LogP) is 4.58. The number of ether oxygens (including phenoxy) is 2. The van der Waals surface area contributed by atoms with Gasteiger partial charge in [0.05, 0.1) is 6.10 Å². The average Bonchev–Trinajstić information content (AvgIpc) is 3.30. The Bertz CT molecular complexity index is 926. The van der Waals surface area contributed by atoms with Gasteiger partial charge < -0.3 is 19.7 Å². The third-order valence-corrected chi connectivity index (χ3v) is 10.6. The number of hydrogen-bond donors (Lipinski definition) is 2. The topological polar surface area (TPSA) is 110 Å². The van der Waals surface area contributed by atoms with Crippen LogP contribution in [0.3, 0.4) is 0 Å². The lowest BCUT2D eigenvalue weighted by molar-refractivity contribution is -0.230. The summed E-state index contributed by atoms with van der Waals surface area (Å²) in [5.74, 6) is -1.01. The molecule has 7 heteroatoms. The third-order valence-electron chi connectivity index (χ3n) is 10.6. The molecule has 1 aliphatic heterocycles. The molecule has 1 heterocycles. The van der Waals surface area contributed by atoms with Crippen LogP contribution in [-0.4, -0.2) is 45.9 Å². The predicted molar refractivity (Wildman–Crippen MR) is 123 cm³/mol. The van der Waals surface area contributed by atoms with E-state index in [1.165, 1.54) is 5.57 Å². The van der Waals surface area contributed by atoms with Crippen LogP contribution in [-0.2, 0) is 23.9 Å². The zero-order valence-corrected chi connectivity index (χ0v) is 20.5. The van der Waals surface area contributed by atoms with E-state index >= 15 is 0 Å². The molecule has 0 aromatic carbocycles. The molecule has 4 fully saturated rings. The standard InChI is InChI=1S/C27H38O7/c1-25-12-10-16(28)14-15(25)4-5-17-18-6-8-21(26(18,2)13-11-19(17)25)27(3)33-20(7-9-22(29)30)23(34-27)24(31)32/h14,17-21,23H,4-13H2,1-3H3,(H,29,30)(H,31,32)/t17-,18-,19-,20?,21?,23?,25-,26-,27+/m0/s1. The molecule has 1 saturated heterocycles. The average molecular weight is 475 g/mol.